The average molecular weight is 208 g/mol. The van der Waals surface area contributed by atoms with Crippen LogP contribution in [0.1, 0.15) is 11.1 Å². The van der Waals surface area contributed by atoms with E-state index in [9.17, 15) is 0 Å². The minimum Gasteiger partial charge on any atom is -0.223 e. The summed E-state index contributed by atoms with van der Waals surface area (Å²) in [5.41, 5.74) is 3.25. The van der Waals surface area contributed by atoms with E-state index in [1.165, 1.54) is 11.9 Å². The van der Waals surface area contributed by atoms with Gasteiger partial charge in [-0.15, -0.1) is 11.6 Å². The summed E-state index contributed by atoms with van der Waals surface area (Å²) in [7, 11) is 0. The van der Waals surface area contributed by atoms with Gasteiger partial charge in [-0.3, -0.25) is 0 Å². The molecular formula is C10H10ClN3. The highest BCUT2D eigenvalue weighted by atomic mass is 35.5. The molecule has 0 fully saturated rings. The maximum Gasteiger partial charge on any atom is 0.138 e. The Morgan fingerprint density at radius 1 is 1.43 bits per heavy atom. The second-order valence-corrected chi connectivity index (χ2v) is 3.37. The normalized spacial score (nSPS) is 10.4. The van der Waals surface area contributed by atoms with Crippen molar-refractivity contribution in [2.45, 2.75) is 12.8 Å². The zero-order valence-electron chi connectivity index (χ0n) is 7.81. The molecule has 4 heteroatoms. The van der Waals surface area contributed by atoms with Gasteiger partial charge in [0.15, 0.2) is 0 Å². The largest absolute Gasteiger partial charge is 0.223 e. The Morgan fingerprint density at radius 3 is 2.93 bits per heavy atom. The monoisotopic (exact) mass is 207 g/mol. The van der Waals surface area contributed by atoms with Crippen LogP contribution in [0.5, 0.6) is 0 Å². The second-order valence-electron chi connectivity index (χ2n) is 3.11. The molecule has 1 aromatic heterocycles. The van der Waals surface area contributed by atoms with Gasteiger partial charge < -0.3 is 0 Å². The molecule has 0 aliphatic rings. The number of aromatic nitrogens is 3. The highest BCUT2D eigenvalue weighted by molar-refractivity contribution is 6.17. The van der Waals surface area contributed by atoms with Gasteiger partial charge in [-0.05, 0) is 18.6 Å². The van der Waals surface area contributed by atoms with Crippen LogP contribution in [-0.4, -0.2) is 14.8 Å². The zero-order chi connectivity index (χ0) is 9.97. The maximum absolute atomic E-state index is 5.86. The zero-order valence-corrected chi connectivity index (χ0v) is 8.57. The number of rotatable bonds is 2. The first kappa shape index (κ1) is 9.21. The molecular weight excluding hydrogens is 198 g/mol. The number of alkyl halides is 1. The number of benzene rings is 1. The summed E-state index contributed by atoms with van der Waals surface area (Å²) in [5, 5.41) is 4.07. The van der Waals surface area contributed by atoms with Crippen molar-refractivity contribution < 1.29 is 0 Å². The van der Waals surface area contributed by atoms with Gasteiger partial charge >= 0.3 is 0 Å². The predicted molar refractivity (Wildman–Crippen MR) is 55.7 cm³/mol. The molecule has 3 nitrogen and oxygen atoms in total. The molecule has 0 bridgehead atoms. The lowest BCUT2D eigenvalue weighted by Crippen LogP contribution is -1.99. The summed E-state index contributed by atoms with van der Waals surface area (Å²) in [6.45, 7) is 2.04. The van der Waals surface area contributed by atoms with Gasteiger partial charge in [0.25, 0.3) is 0 Å². The Balaban J connectivity index is 2.53. The lowest BCUT2D eigenvalue weighted by molar-refractivity contribution is 0.868. The van der Waals surface area contributed by atoms with Crippen molar-refractivity contribution in [3.8, 4) is 5.69 Å². The van der Waals surface area contributed by atoms with Gasteiger partial charge in [0.1, 0.15) is 12.7 Å². The van der Waals surface area contributed by atoms with E-state index in [4.69, 9.17) is 11.6 Å². The first-order valence-corrected chi connectivity index (χ1v) is 4.85. The number of aryl methyl sites for hydroxylation is 1. The van der Waals surface area contributed by atoms with Gasteiger partial charge in [0.05, 0.1) is 5.69 Å². The molecule has 1 aromatic carbocycles. The van der Waals surface area contributed by atoms with E-state index >= 15 is 0 Å². The average Bonchev–Trinajstić information content (AvgIpc) is 2.70. The van der Waals surface area contributed by atoms with Crippen molar-refractivity contribution in [2.75, 3.05) is 0 Å². The number of hydrogen-bond acceptors (Lipinski definition) is 2. The highest BCUT2D eigenvalue weighted by Crippen LogP contribution is 2.17. The third kappa shape index (κ3) is 1.63. The van der Waals surface area contributed by atoms with E-state index in [-0.39, 0.29) is 0 Å². The lowest BCUT2D eigenvalue weighted by atomic mass is 10.1. The van der Waals surface area contributed by atoms with Crippen LogP contribution in [0.2, 0.25) is 0 Å². The standard InChI is InChI=1S/C10H10ClN3/c1-8-2-3-10(9(4-8)5-11)14-7-12-6-13-14/h2-4,6-7H,5H2,1H3. The quantitative estimate of drug-likeness (QED) is 0.708. The number of nitrogens with zero attached hydrogens (tertiary/aromatic N) is 3. The molecule has 0 atom stereocenters. The minimum absolute atomic E-state index is 0.483. The van der Waals surface area contributed by atoms with E-state index in [0.717, 1.165) is 11.3 Å². The molecule has 0 unspecified atom stereocenters. The Morgan fingerprint density at radius 2 is 2.29 bits per heavy atom. The molecule has 2 rings (SSSR count). The fourth-order valence-electron chi connectivity index (χ4n) is 1.38. The van der Waals surface area contributed by atoms with Gasteiger partial charge in [0, 0.05) is 5.88 Å². The van der Waals surface area contributed by atoms with Gasteiger partial charge in [-0.1, -0.05) is 17.7 Å². The molecule has 1 heterocycles. The topological polar surface area (TPSA) is 30.7 Å². The summed E-state index contributed by atoms with van der Waals surface area (Å²) >= 11 is 5.86. The van der Waals surface area contributed by atoms with Crippen molar-refractivity contribution in [1.82, 2.24) is 14.8 Å². The van der Waals surface area contributed by atoms with E-state index < -0.39 is 0 Å². The Labute approximate surface area is 87.3 Å². The first-order valence-electron chi connectivity index (χ1n) is 4.32. The van der Waals surface area contributed by atoms with Crippen molar-refractivity contribution in [3.63, 3.8) is 0 Å². The van der Waals surface area contributed by atoms with Crippen LogP contribution in [0.3, 0.4) is 0 Å². The maximum atomic E-state index is 5.86. The Bertz CT molecular complexity index is 423. The summed E-state index contributed by atoms with van der Waals surface area (Å²) in [6.07, 6.45) is 3.18. The van der Waals surface area contributed by atoms with Crippen molar-refractivity contribution in [3.05, 3.63) is 42.0 Å². The Kier molecular flexibility index (Phi) is 2.50. The van der Waals surface area contributed by atoms with Crippen LogP contribution < -0.4 is 0 Å². The lowest BCUT2D eigenvalue weighted by Gasteiger charge is -2.06. The molecule has 0 saturated heterocycles. The number of hydrogen-bond donors (Lipinski definition) is 0. The van der Waals surface area contributed by atoms with E-state index in [0.29, 0.717) is 5.88 Å². The molecule has 72 valence electrons. The van der Waals surface area contributed by atoms with Crippen molar-refractivity contribution in [1.29, 1.82) is 0 Å². The fourth-order valence-corrected chi connectivity index (χ4v) is 1.59. The molecule has 0 spiro atoms. The van der Waals surface area contributed by atoms with Crippen LogP contribution in [-0.2, 0) is 5.88 Å². The molecule has 14 heavy (non-hydrogen) atoms. The van der Waals surface area contributed by atoms with E-state index in [1.807, 2.05) is 19.1 Å². The molecule has 0 saturated carbocycles. The second kappa shape index (κ2) is 3.80. The summed E-state index contributed by atoms with van der Waals surface area (Å²) < 4.78 is 1.72. The third-order valence-corrected chi connectivity index (χ3v) is 2.33. The van der Waals surface area contributed by atoms with Gasteiger partial charge in [-0.25, -0.2) is 9.67 Å². The number of halogens is 1. The van der Waals surface area contributed by atoms with Gasteiger partial charge in [0.2, 0.25) is 0 Å². The highest BCUT2D eigenvalue weighted by Gasteiger charge is 2.03. The Hall–Kier alpha value is -1.35. The molecule has 2 aromatic rings. The van der Waals surface area contributed by atoms with Crippen molar-refractivity contribution >= 4 is 11.6 Å². The van der Waals surface area contributed by atoms with Crippen LogP contribution in [0.25, 0.3) is 5.69 Å². The summed E-state index contributed by atoms with van der Waals surface area (Å²) in [6, 6.07) is 6.10. The first-order chi connectivity index (χ1) is 6.81. The van der Waals surface area contributed by atoms with Crippen LogP contribution in [0.4, 0.5) is 0 Å². The van der Waals surface area contributed by atoms with E-state index in [1.54, 1.807) is 11.0 Å². The predicted octanol–water partition coefficient (Wildman–Crippen LogP) is 2.31. The van der Waals surface area contributed by atoms with Gasteiger partial charge in [-0.2, -0.15) is 5.10 Å². The molecule has 0 N–H and O–H groups in total. The van der Waals surface area contributed by atoms with Crippen molar-refractivity contribution in [2.24, 2.45) is 0 Å². The molecule has 0 amide bonds. The van der Waals surface area contributed by atoms with Crippen LogP contribution in [0, 0.1) is 6.92 Å². The SMILES string of the molecule is Cc1ccc(-n2cncn2)c(CCl)c1. The third-order valence-electron chi connectivity index (χ3n) is 2.04. The molecule has 0 radical (unpaired) electrons. The van der Waals surface area contributed by atoms with Crippen LogP contribution in [0.15, 0.2) is 30.9 Å². The summed E-state index contributed by atoms with van der Waals surface area (Å²) in [5.74, 6) is 0.483. The molecule has 0 aliphatic carbocycles. The molecule has 0 aliphatic heterocycles. The van der Waals surface area contributed by atoms with Crippen LogP contribution >= 0.6 is 11.6 Å². The van der Waals surface area contributed by atoms with E-state index in [2.05, 4.69) is 16.1 Å². The smallest absolute Gasteiger partial charge is 0.138 e. The fraction of sp³-hybridized carbons (Fsp3) is 0.200. The minimum atomic E-state index is 0.483. The summed E-state index contributed by atoms with van der Waals surface area (Å²) in [4.78, 5) is 3.91.